The van der Waals surface area contributed by atoms with Gasteiger partial charge >= 0.3 is 0 Å². The van der Waals surface area contributed by atoms with Crippen LogP contribution >= 0.6 is 11.6 Å². The lowest BCUT2D eigenvalue weighted by Crippen LogP contribution is -2.28. The molecule has 0 aromatic heterocycles. The number of hydrogen-bond acceptors (Lipinski definition) is 1. The molecule has 0 unspecified atom stereocenters. The molecule has 1 aromatic carbocycles. The molecule has 0 heterocycles. The highest BCUT2D eigenvalue weighted by atomic mass is 35.5. The average molecular weight is 294 g/mol. The van der Waals surface area contributed by atoms with Crippen molar-refractivity contribution in [2.45, 2.75) is 65.2 Å². The molecule has 1 aliphatic carbocycles. The van der Waals surface area contributed by atoms with Crippen LogP contribution < -0.4 is 5.73 Å². The van der Waals surface area contributed by atoms with E-state index in [1.807, 2.05) is 0 Å². The molecule has 1 fully saturated rings. The van der Waals surface area contributed by atoms with Crippen LogP contribution in [0.2, 0.25) is 5.02 Å². The number of halogens is 1. The van der Waals surface area contributed by atoms with E-state index < -0.39 is 0 Å². The van der Waals surface area contributed by atoms with Crippen LogP contribution in [-0.4, -0.2) is 6.54 Å². The Bertz CT molecular complexity index is 441. The third-order valence-electron chi connectivity index (χ3n) is 5.18. The molecule has 0 bridgehead atoms. The quantitative estimate of drug-likeness (QED) is 0.794. The van der Waals surface area contributed by atoms with Crippen LogP contribution in [0.15, 0.2) is 12.1 Å². The molecule has 0 atom stereocenters. The SMILES string of the molecule is Cc1cc(Cl)c(CCC2(CCN)CCCCC2)cc1C. The standard InChI is InChI=1S/C18H28ClN/c1-14-12-16(17(19)13-15(14)2)6-9-18(10-11-20)7-4-3-5-8-18/h12-13H,3-11,20H2,1-2H3. The van der Waals surface area contributed by atoms with Gasteiger partial charge in [-0.3, -0.25) is 0 Å². The van der Waals surface area contributed by atoms with E-state index in [0.717, 1.165) is 18.0 Å². The van der Waals surface area contributed by atoms with Crippen molar-refractivity contribution in [3.63, 3.8) is 0 Å². The molecule has 1 saturated carbocycles. The topological polar surface area (TPSA) is 26.0 Å². The molecule has 2 heteroatoms. The Morgan fingerprint density at radius 3 is 2.35 bits per heavy atom. The Hall–Kier alpha value is -0.530. The summed E-state index contributed by atoms with van der Waals surface area (Å²) < 4.78 is 0. The Morgan fingerprint density at radius 1 is 1.05 bits per heavy atom. The second kappa shape index (κ2) is 6.95. The van der Waals surface area contributed by atoms with Crippen molar-refractivity contribution in [2.24, 2.45) is 11.1 Å². The molecule has 0 saturated heterocycles. The molecular weight excluding hydrogens is 266 g/mol. The van der Waals surface area contributed by atoms with Crippen LogP contribution in [0, 0.1) is 19.3 Å². The molecule has 20 heavy (non-hydrogen) atoms. The van der Waals surface area contributed by atoms with Crippen molar-refractivity contribution in [1.82, 2.24) is 0 Å². The monoisotopic (exact) mass is 293 g/mol. The molecule has 1 aliphatic rings. The molecule has 112 valence electrons. The normalized spacial score (nSPS) is 18.2. The van der Waals surface area contributed by atoms with Crippen molar-refractivity contribution >= 4 is 11.6 Å². The van der Waals surface area contributed by atoms with Crippen LogP contribution in [0.1, 0.15) is 61.6 Å². The zero-order valence-electron chi connectivity index (χ0n) is 13.0. The first-order valence-corrected chi connectivity index (χ1v) is 8.40. The lowest BCUT2D eigenvalue weighted by molar-refractivity contribution is 0.161. The van der Waals surface area contributed by atoms with Crippen molar-refractivity contribution in [1.29, 1.82) is 0 Å². The third kappa shape index (κ3) is 3.77. The molecule has 0 aliphatic heterocycles. The van der Waals surface area contributed by atoms with E-state index in [1.54, 1.807) is 0 Å². The first-order valence-electron chi connectivity index (χ1n) is 8.02. The largest absolute Gasteiger partial charge is 0.330 e. The maximum absolute atomic E-state index is 6.42. The number of hydrogen-bond donors (Lipinski definition) is 1. The van der Waals surface area contributed by atoms with Gasteiger partial charge in [-0.1, -0.05) is 36.9 Å². The summed E-state index contributed by atoms with van der Waals surface area (Å²) in [7, 11) is 0. The lowest BCUT2D eigenvalue weighted by Gasteiger charge is -2.37. The fraction of sp³-hybridized carbons (Fsp3) is 0.667. The highest BCUT2D eigenvalue weighted by Gasteiger charge is 2.30. The second-order valence-electron chi connectivity index (χ2n) is 6.63. The molecular formula is C18H28ClN. The number of rotatable bonds is 5. The summed E-state index contributed by atoms with van der Waals surface area (Å²) in [6.45, 7) is 5.12. The van der Waals surface area contributed by atoms with E-state index in [9.17, 15) is 0 Å². The number of nitrogens with two attached hydrogens (primary N) is 1. The lowest BCUT2D eigenvalue weighted by atomic mass is 9.68. The zero-order valence-corrected chi connectivity index (χ0v) is 13.7. The van der Waals surface area contributed by atoms with E-state index in [1.165, 1.54) is 61.6 Å². The highest BCUT2D eigenvalue weighted by molar-refractivity contribution is 6.31. The van der Waals surface area contributed by atoms with Crippen LogP contribution in [0.3, 0.4) is 0 Å². The second-order valence-corrected chi connectivity index (χ2v) is 7.03. The van der Waals surface area contributed by atoms with E-state index >= 15 is 0 Å². The molecule has 0 radical (unpaired) electrons. The minimum atomic E-state index is 0.481. The maximum atomic E-state index is 6.42. The summed E-state index contributed by atoms with van der Waals surface area (Å²) in [6, 6.07) is 4.39. The Balaban J connectivity index is 2.07. The molecule has 1 nitrogen and oxygen atoms in total. The van der Waals surface area contributed by atoms with E-state index in [4.69, 9.17) is 17.3 Å². The van der Waals surface area contributed by atoms with Crippen molar-refractivity contribution < 1.29 is 0 Å². The summed E-state index contributed by atoms with van der Waals surface area (Å²) in [6.07, 6.45) is 10.4. The van der Waals surface area contributed by atoms with Crippen LogP contribution in [0.25, 0.3) is 0 Å². The summed E-state index contributed by atoms with van der Waals surface area (Å²) in [5, 5.41) is 0.937. The Kier molecular flexibility index (Phi) is 5.51. The minimum absolute atomic E-state index is 0.481. The first kappa shape index (κ1) is 15.9. The average Bonchev–Trinajstić information content (AvgIpc) is 2.43. The summed E-state index contributed by atoms with van der Waals surface area (Å²) in [4.78, 5) is 0. The van der Waals surface area contributed by atoms with Crippen LogP contribution in [0.4, 0.5) is 0 Å². The summed E-state index contributed by atoms with van der Waals surface area (Å²) >= 11 is 6.42. The van der Waals surface area contributed by atoms with E-state index in [2.05, 4.69) is 26.0 Å². The Morgan fingerprint density at radius 2 is 1.70 bits per heavy atom. The van der Waals surface area contributed by atoms with Gasteiger partial charge in [0.15, 0.2) is 0 Å². The highest BCUT2D eigenvalue weighted by Crippen LogP contribution is 2.43. The van der Waals surface area contributed by atoms with Gasteiger partial charge in [-0.05, 0) is 80.7 Å². The summed E-state index contributed by atoms with van der Waals surface area (Å²) in [5.74, 6) is 0. The fourth-order valence-corrected chi connectivity index (χ4v) is 3.98. The molecule has 2 N–H and O–H groups in total. The van der Waals surface area contributed by atoms with E-state index in [-0.39, 0.29) is 0 Å². The smallest absolute Gasteiger partial charge is 0.0440 e. The van der Waals surface area contributed by atoms with Crippen molar-refractivity contribution in [3.8, 4) is 0 Å². The summed E-state index contributed by atoms with van der Waals surface area (Å²) in [5.41, 5.74) is 10.3. The van der Waals surface area contributed by atoms with Gasteiger partial charge in [0.1, 0.15) is 0 Å². The van der Waals surface area contributed by atoms with Gasteiger partial charge in [-0.25, -0.2) is 0 Å². The van der Waals surface area contributed by atoms with Gasteiger partial charge in [0.2, 0.25) is 0 Å². The van der Waals surface area contributed by atoms with Crippen LogP contribution in [0.5, 0.6) is 0 Å². The van der Waals surface area contributed by atoms with Gasteiger partial charge in [-0.2, -0.15) is 0 Å². The van der Waals surface area contributed by atoms with Gasteiger partial charge in [0.25, 0.3) is 0 Å². The number of benzene rings is 1. The molecule has 0 spiro atoms. The predicted molar refractivity (Wildman–Crippen MR) is 88.4 cm³/mol. The van der Waals surface area contributed by atoms with Crippen molar-refractivity contribution in [3.05, 3.63) is 33.8 Å². The zero-order chi connectivity index (χ0) is 14.6. The molecule has 2 rings (SSSR count). The Labute approximate surface area is 128 Å². The van der Waals surface area contributed by atoms with Gasteiger partial charge in [0.05, 0.1) is 0 Å². The van der Waals surface area contributed by atoms with E-state index in [0.29, 0.717) is 5.41 Å². The molecule has 1 aromatic rings. The van der Waals surface area contributed by atoms with Gasteiger partial charge < -0.3 is 5.73 Å². The third-order valence-corrected chi connectivity index (χ3v) is 5.53. The number of aryl methyl sites for hydroxylation is 3. The van der Waals surface area contributed by atoms with Crippen molar-refractivity contribution in [2.75, 3.05) is 6.54 Å². The fourth-order valence-electron chi connectivity index (χ4n) is 3.67. The maximum Gasteiger partial charge on any atom is 0.0440 e. The minimum Gasteiger partial charge on any atom is -0.330 e. The van der Waals surface area contributed by atoms with Gasteiger partial charge in [-0.15, -0.1) is 0 Å². The van der Waals surface area contributed by atoms with Crippen LogP contribution in [-0.2, 0) is 6.42 Å². The first-order chi connectivity index (χ1) is 9.56. The predicted octanol–water partition coefficient (Wildman–Crippen LogP) is 5.19. The van der Waals surface area contributed by atoms with Gasteiger partial charge in [0, 0.05) is 5.02 Å². The molecule has 0 amide bonds.